The molecule has 0 aliphatic heterocycles. The van der Waals surface area contributed by atoms with E-state index in [0.29, 0.717) is 73.7 Å². The summed E-state index contributed by atoms with van der Waals surface area (Å²) in [5, 5.41) is 73.8. The van der Waals surface area contributed by atoms with Crippen LogP contribution >= 0.6 is 67.6 Å². The molecule has 0 aromatic rings. The molecule has 68 heteroatoms. The number of aldehydes is 3. The van der Waals surface area contributed by atoms with E-state index in [1.807, 2.05) is 6.26 Å². The number of ketones is 3. The molecule has 0 spiro atoms. The van der Waals surface area contributed by atoms with Crippen molar-refractivity contribution in [2.75, 3.05) is 91.2 Å². The third kappa shape index (κ3) is 127. The number of nitrogens with two attached hydrogens (primary N) is 11. The molecule has 15 atom stereocenters. The summed E-state index contributed by atoms with van der Waals surface area (Å²) in [6, 6.07) is -11.1. The number of Topliss-reactive ketones (excluding diaryl/α,β-unsaturated/α-hetero) is 3. The molecule has 0 aromatic carbocycles. The minimum Gasteiger partial charge on any atom is -0.412 e. The Morgan fingerprint density at radius 3 is 1.10 bits per heavy atom. The summed E-state index contributed by atoms with van der Waals surface area (Å²) in [6.07, 6.45) is 6.22. The standard InChI is InChI=1S/C8H16N2O4S2.C8H16N2O3S2.C8H16N2O2S2.C5H11NO4S.C5H11NO4Se.C5H11NO2S.C5H11NO2Se.C3H7NO5S.C3H7NO5Se.C3H7NO2S.C3H7NO2Se.5H2O/c1-6(12)8(9)4-15-16(13,14)5-7(3-11)10-2;1-6(12)8(9)4-14-15(13)5-7(3-11)10-2;1-6(12)8(9)5-14-13-4-7(3-11)10-2;2*1-11(9,10)3-2-4(6)5(7)8;2*1-9-3-2-4(6)5(7)8;2*4-2(3(5)6)1-10(7,8)9;2*4-2(1-7)3(5)6;;;;;/h3,7-8,10H,4-5,9H2,1-2H3;3,7-8,10H,4-5,9H2,1-2H3;3,7-8,10H,4-5,9H2,1-2H3;2*4H,2-3,6H2,1H3,(H,7,8);2*4H,2-3,6H2,1H3,(H,7,8);2*2H,1,4H2,(H,5,6)(H,7,8,9);2*2,7H,1,4H2,(H,5,6);5*1H2. The number of carboxylic acid groups (broad SMARTS) is 8. The van der Waals surface area contributed by atoms with E-state index < -0.39 is 202 Å². The molecule has 0 heterocycles. The van der Waals surface area contributed by atoms with E-state index in [-0.39, 0.29) is 97.7 Å². The molecule has 0 fully saturated rings. The summed E-state index contributed by atoms with van der Waals surface area (Å²) >= 11 is -0.791. The maximum Gasteiger partial charge on any atom is -0.412 e. The quantitative estimate of drug-likeness (QED) is 0.00671. The van der Waals surface area contributed by atoms with E-state index in [9.17, 15) is 112 Å². The first kappa shape index (κ1) is 157. The molecule has 748 valence electrons. The van der Waals surface area contributed by atoms with Crippen LogP contribution in [0.2, 0.25) is 32.9 Å². The molecule has 0 amide bonds. The van der Waals surface area contributed by atoms with Crippen LogP contribution in [0.4, 0.5) is 0 Å². The zero-order valence-corrected chi connectivity index (χ0v) is 84.1. The van der Waals surface area contributed by atoms with Crippen LogP contribution in [0.1, 0.15) is 46.5 Å². The molecule has 15 unspecified atom stereocenters. The van der Waals surface area contributed by atoms with Crippen LogP contribution in [-0.4, -0.2) is 423 Å². The van der Waals surface area contributed by atoms with Gasteiger partial charge in [0.25, 0.3) is 10.1 Å². The molecule has 45 N–H and O–H groups in total. The second-order valence-corrected chi connectivity index (χ2v) is 48.9. The van der Waals surface area contributed by atoms with Crippen LogP contribution in [0.25, 0.3) is 0 Å². The number of nitrogens with one attached hydrogen (secondary N) is 3. The van der Waals surface area contributed by atoms with Gasteiger partial charge in [-0.15, -0.1) is 0 Å². The Morgan fingerprint density at radius 2 is 0.839 bits per heavy atom. The SMILES string of the molecule is CNC(C=O)CS(=O)(=O)SCC(N)C(C)=O.CNC(C=O)CS(=O)SCC(N)C(C)=O.CNC(C=O)CSSCC(N)C(C)=O.CS(=O)(=O)CCC(N)C(=O)O.CSCCC(N)C(=O)O.C[Se](=O)(=O)CCC(N)C(=O)O.C[Se]CCC(N)C(=O)O.NC(CS(=O)(=O)O)C(=O)O.NC(CS)C(=O)O.NC(C[SeH])C(=O)O.NC(C[Se](=O)(=O)O)C(=O)O.O.O.O.O.O. The molecule has 0 saturated heterocycles. The van der Waals surface area contributed by atoms with Crippen molar-refractivity contribution in [1.82, 2.24) is 16.0 Å². The van der Waals surface area contributed by atoms with Gasteiger partial charge in [0.15, 0.2) is 0 Å². The smallest absolute Gasteiger partial charge is 0.412 e. The Kier molecular flexibility index (Phi) is 118. The van der Waals surface area contributed by atoms with Gasteiger partial charge >= 0.3 is 256 Å². The Balaban J connectivity index is -0.0000000742. The van der Waals surface area contributed by atoms with Gasteiger partial charge in [-0.2, -0.15) is 32.8 Å². The van der Waals surface area contributed by atoms with Gasteiger partial charge in [0.05, 0.1) is 63.3 Å². The van der Waals surface area contributed by atoms with Gasteiger partial charge in [0.2, 0.25) is 8.87 Å². The van der Waals surface area contributed by atoms with Crippen molar-refractivity contribution in [1.29, 1.82) is 0 Å². The first-order chi connectivity index (χ1) is 54.0. The molecule has 124 heavy (non-hydrogen) atoms. The fourth-order valence-electron chi connectivity index (χ4n) is 4.37. The van der Waals surface area contributed by atoms with Gasteiger partial charge in [-0.25, -0.2) is 21.0 Å². The predicted octanol–water partition coefficient (Wildman–Crippen LogP) is -13.0. The minimum atomic E-state index is -4.95. The van der Waals surface area contributed by atoms with Gasteiger partial charge in [0.1, 0.15) is 76.0 Å². The molecule has 0 rings (SSSR count). The van der Waals surface area contributed by atoms with E-state index in [1.165, 1.54) is 38.6 Å². The van der Waals surface area contributed by atoms with Crippen LogP contribution in [0, 0.1) is 0 Å². The summed E-state index contributed by atoms with van der Waals surface area (Å²) in [5.41, 5.74) is 56.4. The molecule has 54 nitrogen and oxygen atoms in total. The molecule has 0 bridgehead atoms. The number of hydrogen-bond acceptors (Lipinski definition) is 45. The molecular weight excluding hydrogens is 2150 g/mol. The van der Waals surface area contributed by atoms with E-state index in [0.717, 1.165) is 40.2 Å². The number of thioether (sulfide) groups is 1. The van der Waals surface area contributed by atoms with Gasteiger partial charge in [-0.05, 0) is 77.6 Å². The number of carbonyl (C=O) groups excluding carboxylic acids is 6. The number of hydrogen-bond donors (Lipinski definition) is 25. The number of likely N-dealkylation sites (N-methyl/N-ethyl adjacent to an activating group) is 3. The predicted molar refractivity (Wildman–Crippen MR) is 479 cm³/mol. The Morgan fingerprint density at radius 1 is 0.500 bits per heavy atom. The number of aliphatic carboxylic acids is 8. The molecule has 0 saturated carbocycles. The van der Waals surface area contributed by atoms with Crippen molar-refractivity contribution in [2.45, 2.75) is 164 Å². The number of carbonyl (C=O) groups is 14. The maximum absolute atomic E-state index is 11.5. The second-order valence-electron chi connectivity index (χ2n) is 22.9. The van der Waals surface area contributed by atoms with Crippen LogP contribution in [0.5, 0.6) is 0 Å². The topological polar surface area (TPSA) is 1110 Å². The molecule has 0 aliphatic rings. The van der Waals surface area contributed by atoms with Gasteiger partial charge < -0.3 is 118 Å². The average Bonchev–Trinajstić information content (AvgIpc) is 0.904. The Labute approximate surface area is 763 Å². The maximum atomic E-state index is 11.5. The van der Waals surface area contributed by atoms with Crippen LogP contribution in [0.3, 0.4) is 0 Å². The summed E-state index contributed by atoms with van der Waals surface area (Å²) in [6.45, 7) is 4.19. The number of carboxylic acids is 8. The van der Waals surface area contributed by atoms with Gasteiger partial charge in [-0.1, -0.05) is 32.4 Å². The largest absolute Gasteiger partial charge is 0.412 e. The molecular formula is C56H130N14O40S10Se4. The van der Waals surface area contributed by atoms with E-state index >= 15 is 0 Å². The van der Waals surface area contributed by atoms with Crippen molar-refractivity contribution in [3.05, 3.63) is 0 Å². The molecule has 0 aromatic heterocycles. The second kappa shape index (κ2) is 92.6. The molecule has 0 aliphatic carbocycles. The first-order valence-corrected chi connectivity index (χ1v) is 58.7. The van der Waals surface area contributed by atoms with Crippen LogP contribution in [-0.2, 0) is 121 Å². The van der Waals surface area contributed by atoms with Crippen LogP contribution < -0.4 is 79.0 Å². The third-order valence-corrected chi connectivity index (χ3v) is 29.5. The van der Waals surface area contributed by atoms with Crippen LogP contribution in [0.15, 0.2) is 0 Å². The average molecular weight is 2280 g/mol. The van der Waals surface area contributed by atoms with E-state index in [1.54, 1.807) is 36.7 Å². The zero-order valence-electron chi connectivity index (χ0n) is 68.9. The number of thiol groups is 1. The Hall–Kier alpha value is -3.68. The fourth-order valence-corrected chi connectivity index (χ4v) is 18.7. The summed E-state index contributed by atoms with van der Waals surface area (Å²) in [4.78, 5) is 143. The summed E-state index contributed by atoms with van der Waals surface area (Å²) < 4.78 is 133. The van der Waals surface area contributed by atoms with Gasteiger partial charge in [0, 0.05) is 35.0 Å². The fraction of sp³-hybridized carbons (Fsp3) is 0.750. The molecule has 0 radical (unpaired) electrons. The summed E-state index contributed by atoms with van der Waals surface area (Å²) in [7, 11) is -2.37. The van der Waals surface area contributed by atoms with Gasteiger partial charge in [-0.3, -0.25) is 38.1 Å². The van der Waals surface area contributed by atoms with Crippen molar-refractivity contribution < 1.29 is 189 Å². The normalized spacial score (nSPS) is 14.0. The van der Waals surface area contributed by atoms with Crippen molar-refractivity contribution >= 4 is 247 Å². The van der Waals surface area contributed by atoms with E-state index in [4.69, 9.17) is 113 Å². The third-order valence-electron chi connectivity index (χ3n) is 11.8. The van der Waals surface area contributed by atoms with E-state index in [2.05, 4.69) is 50.4 Å². The van der Waals surface area contributed by atoms with Crippen molar-refractivity contribution in [3.8, 4) is 0 Å². The monoisotopic (exact) mass is 2280 g/mol. The minimum absolute atomic E-state index is 0. The Bertz CT molecular complexity index is 3410. The number of sulfone groups is 1. The van der Waals surface area contributed by atoms with Crippen molar-refractivity contribution in [3.63, 3.8) is 0 Å². The number of rotatable bonds is 50. The summed E-state index contributed by atoms with van der Waals surface area (Å²) in [5.74, 6) is -4.79. The van der Waals surface area contributed by atoms with Crippen molar-refractivity contribution in [2.24, 2.45) is 63.1 Å². The zero-order chi connectivity index (χ0) is 96.7. The first-order valence-electron chi connectivity index (χ1n) is 32.6.